The van der Waals surface area contributed by atoms with Crippen molar-refractivity contribution in [2.75, 3.05) is 43.4 Å². The van der Waals surface area contributed by atoms with Gasteiger partial charge in [0.15, 0.2) is 5.82 Å². The van der Waals surface area contributed by atoms with Crippen LogP contribution in [0.25, 0.3) is 0 Å². The Morgan fingerprint density at radius 1 is 1.24 bits per heavy atom. The van der Waals surface area contributed by atoms with Crippen LogP contribution in [0.2, 0.25) is 0 Å². The Balaban J connectivity index is 1.69. The Morgan fingerprint density at radius 2 is 2.05 bits per heavy atom. The number of nitrogens with one attached hydrogen (secondary N) is 1. The topological polar surface area (TPSA) is 31.4 Å². The van der Waals surface area contributed by atoms with Gasteiger partial charge in [0.05, 0.1) is 5.69 Å². The van der Waals surface area contributed by atoms with E-state index < -0.39 is 0 Å². The summed E-state index contributed by atoms with van der Waals surface area (Å²) in [5.41, 5.74) is 1.21. The minimum Gasteiger partial charge on any atom is -0.379 e. The number of anilines is 2. The van der Waals surface area contributed by atoms with Gasteiger partial charge in [-0.3, -0.25) is 0 Å². The second kappa shape index (κ2) is 6.65. The third-order valence-corrected chi connectivity index (χ3v) is 4.94. The van der Waals surface area contributed by atoms with E-state index in [9.17, 15) is 0 Å². The maximum absolute atomic E-state index is 4.63. The summed E-state index contributed by atoms with van der Waals surface area (Å²) in [6.07, 6.45) is 7.15. The fraction of sp³-hybridized carbons (Fsp3) is 0.706. The normalized spacial score (nSPS) is 25.0. The number of rotatable bonds is 4. The van der Waals surface area contributed by atoms with Crippen LogP contribution in [0.3, 0.4) is 0 Å². The first-order chi connectivity index (χ1) is 10.2. The maximum Gasteiger partial charge on any atom is 0.151 e. The van der Waals surface area contributed by atoms with Crippen molar-refractivity contribution in [3.05, 3.63) is 18.3 Å². The second-order valence-electron chi connectivity index (χ2n) is 6.67. The highest BCUT2D eigenvalue weighted by molar-refractivity contribution is 5.66. The number of pyridine rings is 1. The Hall–Kier alpha value is -1.29. The molecule has 2 atom stereocenters. The summed E-state index contributed by atoms with van der Waals surface area (Å²) in [5, 5.41) is 3.75. The zero-order valence-electron chi connectivity index (χ0n) is 13.4. The molecular formula is C17H28N4. The van der Waals surface area contributed by atoms with Gasteiger partial charge in [-0.05, 0) is 64.3 Å². The van der Waals surface area contributed by atoms with Gasteiger partial charge in [0, 0.05) is 31.9 Å². The number of aromatic nitrogens is 1. The summed E-state index contributed by atoms with van der Waals surface area (Å²) in [7, 11) is 2.23. The van der Waals surface area contributed by atoms with Crippen LogP contribution in [-0.4, -0.2) is 49.2 Å². The van der Waals surface area contributed by atoms with E-state index in [0.29, 0.717) is 6.04 Å². The number of piperidine rings is 1. The van der Waals surface area contributed by atoms with Crippen molar-refractivity contribution in [1.29, 1.82) is 0 Å². The number of hydrogen-bond donors (Lipinski definition) is 1. The summed E-state index contributed by atoms with van der Waals surface area (Å²) in [5.74, 6) is 1.88. The summed E-state index contributed by atoms with van der Waals surface area (Å²) in [6.45, 7) is 7.06. The van der Waals surface area contributed by atoms with E-state index in [1.807, 2.05) is 12.3 Å². The molecule has 4 nitrogen and oxygen atoms in total. The molecule has 4 heteroatoms. The van der Waals surface area contributed by atoms with Crippen molar-refractivity contribution in [2.24, 2.45) is 5.92 Å². The monoisotopic (exact) mass is 288 g/mol. The van der Waals surface area contributed by atoms with Crippen molar-refractivity contribution < 1.29 is 0 Å². The first-order valence-corrected chi connectivity index (χ1v) is 8.39. The molecule has 2 saturated heterocycles. The van der Waals surface area contributed by atoms with E-state index in [2.05, 4.69) is 40.1 Å². The summed E-state index contributed by atoms with van der Waals surface area (Å²) < 4.78 is 0. The van der Waals surface area contributed by atoms with Crippen LogP contribution in [0.15, 0.2) is 18.3 Å². The van der Waals surface area contributed by atoms with Gasteiger partial charge in [0.25, 0.3) is 0 Å². The molecule has 1 N–H and O–H groups in total. The molecule has 2 unspecified atom stereocenters. The first kappa shape index (κ1) is 14.6. The zero-order chi connectivity index (χ0) is 14.7. The van der Waals surface area contributed by atoms with E-state index >= 15 is 0 Å². The van der Waals surface area contributed by atoms with Crippen molar-refractivity contribution in [3.63, 3.8) is 0 Å². The molecule has 21 heavy (non-hydrogen) atoms. The average molecular weight is 288 g/mol. The highest BCUT2D eigenvalue weighted by Crippen LogP contribution is 2.29. The molecule has 3 rings (SSSR count). The Labute approximate surface area is 128 Å². The van der Waals surface area contributed by atoms with Crippen LogP contribution in [0.5, 0.6) is 0 Å². The van der Waals surface area contributed by atoms with E-state index in [1.165, 1.54) is 44.5 Å². The largest absolute Gasteiger partial charge is 0.379 e. The van der Waals surface area contributed by atoms with Crippen LogP contribution < -0.4 is 10.2 Å². The Morgan fingerprint density at radius 3 is 2.81 bits per heavy atom. The molecule has 0 bridgehead atoms. The minimum absolute atomic E-state index is 0.498. The average Bonchev–Trinajstić information content (AvgIpc) is 3.02. The number of likely N-dealkylation sites (tertiary alicyclic amines) is 1. The predicted molar refractivity (Wildman–Crippen MR) is 89.0 cm³/mol. The molecule has 0 amide bonds. The molecule has 1 aromatic heterocycles. The minimum atomic E-state index is 0.498. The molecule has 2 fully saturated rings. The highest BCUT2D eigenvalue weighted by Gasteiger charge is 2.24. The molecular weight excluding hydrogens is 260 g/mol. The van der Waals surface area contributed by atoms with Crippen LogP contribution in [0.4, 0.5) is 11.5 Å². The quantitative estimate of drug-likeness (QED) is 0.923. The van der Waals surface area contributed by atoms with Gasteiger partial charge in [-0.1, -0.05) is 0 Å². The number of hydrogen-bond acceptors (Lipinski definition) is 4. The maximum atomic E-state index is 4.63. The molecule has 0 radical (unpaired) electrons. The van der Waals surface area contributed by atoms with Gasteiger partial charge < -0.3 is 15.1 Å². The lowest BCUT2D eigenvalue weighted by molar-refractivity contribution is 0.197. The van der Waals surface area contributed by atoms with Gasteiger partial charge in [0.2, 0.25) is 0 Å². The molecule has 0 aromatic carbocycles. The smallest absolute Gasteiger partial charge is 0.151 e. The first-order valence-electron chi connectivity index (χ1n) is 8.39. The standard InChI is InChI=1S/C17H28N4/c1-14(15-7-6-10-20(2)13-15)19-16-8-5-9-18-17(16)21-11-3-4-12-21/h5,8-9,14-15,19H,3-4,6-7,10-13H2,1-2H3. The Kier molecular flexibility index (Phi) is 4.63. The van der Waals surface area contributed by atoms with Crippen LogP contribution in [0, 0.1) is 5.92 Å². The van der Waals surface area contributed by atoms with Crippen LogP contribution >= 0.6 is 0 Å². The van der Waals surface area contributed by atoms with E-state index in [4.69, 9.17) is 0 Å². The van der Waals surface area contributed by atoms with Crippen molar-refractivity contribution in [3.8, 4) is 0 Å². The van der Waals surface area contributed by atoms with Gasteiger partial charge in [-0.2, -0.15) is 0 Å². The SMILES string of the molecule is CC(Nc1cccnc1N1CCCC1)C1CCCN(C)C1. The molecule has 116 valence electrons. The lowest BCUT2D eigenvalue weighted by Gasteiger charge is -2.34. The lowest BCUT2D eigenvalue weighted by atomic mass is 9.92. The van der Waals surface area contributed by atoms with Gasteiger partial charge >= 0.3 is 0 Å². The third-order valence-electron chi connectivity index (χ3n) is 4.94. The van der Waals surface area contributed by atoms with E-state index in [-0.39, 0.29) is 0 Å². The second-order valence-corrected chi connectivity index (χ2v) is 6.67. The third kappa shape index (κ3) is 3.49. The molecule has 1 aromatic rings. The van der Waals surface area contributed by atoms with E-state index in [0.717, 1.165) is 24.8 Å². The summed E-state index contributed by atoms with van der Waals surface area (Å²) >= 11 is 0. The molecule has 3 heterocycles. The van der Waals surface area contributed by atoms with Gasteiger partial charge in [-0.25, -0.2) is 4.98 Å². The Bertz CT molecular complexity index is 456. The van der Waals surface area contributed by atoms with Crippen molar-refractivity contribution in [2.45, 2.75) is 38.6 Å². The summed E-state index contributed by atoms with van der Waals surface area (Å²) in [4.78, 5) is 9.50. The van der Waals surface area contributed by atoms with Crippen molar-refractivity contribution >= 4 is 11.5 Å². The highest BCUT2D eigenvalue weighted by atomic mass is 15.2. The fourth-order valence-corrected chi connectivity index (χ4v) is 3.67. The lowest BCUT2D eigenvalue weighted by Crippen LogP contribution is -2.40. The number of nitrogens with zero attached hydrogens (tertiary/aromatic N) is 3. The fourth-order valence-electron chi connectivity index (χ4n) is 3.67. The predicted octanol–water partition coefficient (Wildman–Crippen LogP) is 2.82. The zero-order valence-corrected chi connectivity index (χ0v) is 13.4. The van der Waals surface area contributed by atoms with Crippen LogP contribution in [0.1, 0.15) is 32.6 Å². The molecule has 0 saturated carbocycles. The molecule has 0 spiro atoms. The molecule has 0 aliphatic carbocycles. The van der Waals surface area contributed by atoms with Crippen molar-refractivity contribution in [1.82, 2.24) is 9.88 Å². The van der Waals surface area contributed by atoms with E-state index in [1.54, 1.807) is 0 Å². The van der Waals surface area contributed by atoms with Crippen LogP contribution in [-0.2, 0) is 0 Å². The van der Waals surface area contributed by atoms with Gasteiger partial charge in [0.1, 0.15) is 0 Å². The molecule has 2 aliphatic heterocycles. The van der Waals surface area contributed by atoms with Gasteiger partial charge in [-0.15, -0.1) is 0 Å². The molecule has 2 aliphatic rings. The summed E-state index contributed by atoms with van der Waals surface area (Å²) in [6, 6.07) is 4.73.